The highest BCUT2D eigenvalue weighted by molar-refractivity contribution is 7.13. The molecule has 3 heterocycles. The Balaban J connectivity index is 1.88. The van der Waals surface area contributed by atoms with E-state index in [0.717, 1.165) is 6.04 Å². The van der Waals surface area contributed by atoms with Crippen molar-refractivity contribution in [3.63, 3.8) is 0 Å². The topological polar surface area (TPSA) is 90.1 Å². The highest BCUT2D eigenvalue weighted by Crippen LogP contribution is 2.24. The number of carboxylic acids is 1. The molecule has 0 bridgehead atoms. The number of carbonyl (C=O) groups is 1. The smallest absolute Gasteiger partial charge is 0.339 e. The number of hydrogen-bond donors (Lipinski definition) is 1. The summed E-state index contributed by atoms with van der Waals surface area (Å²) < 4.78 is 7.42. The Morgan fingerprint density at radius 2 is 2.16 bits per heavy atom. The molecule has 0 aliphatic carbocycles. The molecule has 0 amide bonds. The van der Waals surface area contributed by atoms with Gasteiger partial charge in [0, 0.05) is 32.5 Å². The first-order chi connectivity index (χ1) is 11.8. The van der Waals surface area contributed by atoms with Crippen molar-refractivity contribution in [2.75, 3.05) is 6.61 Å². The summed E-state index contributed by atoms with van der Waals surface area (Å²) in [5, 5.41) is 12.0. The van der Waals surface area contributed by atoms with Gasteiger partial charge in [0.25, 0.3) is 0 Å². The molecule has 0 spiro atoms. The second-order valence-corrected chi connectivity index (χ2v) is 13.4. The molecule has 25 heavy (non-hydrogen) atoms. The van der Waals surface area contributed by atoms with Crippen LogP contribution in [0.4, 0.5) is 0 Å². The van der Waals surface area contributed by atoms with E-state index in [2.05, 4.69) is 34.6 Å². The van der Waals surface area contributed by atoms with Crippen LogP contribution < -0.4 is 0 Å². The Bertz CT molecular complexity index is 887. The van der Waals surface area contributed by atoms with Crippen LogP contribution in [0.3, 0.4) is 0 Å². The highest BCUT2D eigenvalue weighted by Gasteiger charge is 2.19. The van der Waals surface area contributed by atoms with Crippen molar-refractivity contribution in [2.24, 2.45) is 0 Å². The summed E-state index contributed by atoms with van der Waals surface area (Å²) in [6.07, 6.45) is 4.83. The van der Waals surface area contributed by atoms with E-state index < -0.39 is 14.0 Å². The standard InChI is InChI=1S/C16H20N4O3SSi/c1-25(2,3)7-5-23-10-20-9-11(16(21)22)13-14(20)18-8-12(19-13)15-17-4-6-24-15/h4,6,8-9H,5,7,10H2,1-3H3,(H,21,22). The summed E-state index contributed by atoms with van der Waals surface area (Å²) >= 11 is 1.44. The molecule has 132 valence electrons. The molecule has 1 N–H and O–H groups in total. The maximum Gasteiger partial charge on any atom is 0.339 e. The van der Waals surface area contributed by atoms with Gasteiger partial charge >= 0.3 is 5.97 Å². The fourth-order valence-corrected chi connectivity index (χ4v) is 3.65. The van der Waals surface area contributed by atoms with Crippen LogP contribution in [0, 0.1) is 0 Å². The predicted molar refractivity (Wildman–Crippen MR) is 99.7 cm³/mol. The summed E-state index contributed by atoms with van der Waals surface area (Å²) in [5.74, 6) is -1.03. The lowest BCUT2D eigenvalue weighted by Gasteiger charge is -2.15. The van der Waals surface area contributed by atoms with Crippen LogP contribution in [0.5, 0.6) is 0 Å². The average Bonchev–Trinajstić information content (AvgIpc) is 3.18. The third kappa shape index (κ3) is 4.12. The van der Waals surface area contributed by atoms with Crippen LogP contribution in [0.2, 0.25) is 25.7 Å². The first-order valence-corrected chi connectivity index (χ1v) is 12.5. The monoisotopic (exact) mass is 376 g/mol. The fourth-order valence-electron chi connectivity index (χ4n) is 2.30. The quantitative estimate of drug-likeness (QED) is 0.501. The molecule has 0 atom stereocenters. The average molecular weight is 377 g/mol. The molecule has 0 aliphatic heterocycles. The number of carboxylic acid groups (broad SMARTS) is 1. The number of aromatic nitrogens is 4. The first-order valence-electron chi connectivity index (χ1n) is 7.92. The maximum atomic E-state index is 11.6. The molecule has 7 nitrogen and oxygen atoms in total. The van der Waals surface area contributed by atoms with Gasteiger partial charge in [0.15, 0.2) is 5.65 Å². The third-order valence-corrected chi connectivity index (χ3v) is 6.17. The van der Waals surface area contributed by atoms with E-state index in [1.54, 1.807) is 17.0 Å². The Morgan fingerprint density at radius 1 is 1.36 bits per heavy atom. The molecule has 0 aliphatic rings. The van der Waals surface area contributed by atoms with E-state index >= 15 is 0 Å². The van der Waals surface area contributed by atoms with Crippen LogP contribution in [0.25, 0.3) is 21.9 Å². The molecule has 3 aromatic heterocycles. The summed E-state index contributed by atoms with van der Waals surface area (Å²) in [7, 11) is -1.16. The van der Waals surface area contributed by atoms with Crippen molar-refractivity contribution in [3.8, 4) is 10.7 Å². The molecule has 0 saturated heterocycles. The van der Waals surface area contributed by atoms with Gasteiger partial charge in [-0.2, -0.15) is 0 Å². The van der Waals surface area contributed by atoms with Crippen molar-refractivity contribution in [1.82, 2.24) is 19.5 Å². The zero-order valence-electron chi connectivity index (χ0n) is 14.4. The number of ether oxygens (including phenoxy) is 1. The van der Waals surface area contributed by atoms with Crippen molar-refractivity contribution in [3.05, 3.63) is 29.5 Å². The first kappa shape index (κ1) is 17.7. The summed E-state index contributed by atoms with van der Waals surface area (Å²) in [6, 6.07) is 1.05. The van der Waals surface area contributed by atoms with Gasteiger partial charge in [-0.1, -0.05) is 19.6 Å². The van der Waals surface area contributed by atoms with E-state index in [0.29, 0.717) is 28.5 Å². The van der Waals surface area contributed by atoms with Crippen LogP contribution in [-0.2, 0) is 11.5 Å². The molecule has 0 radical (unpaired) electrons. The van der Waals surface area contributed by atoms with Crippen molar-refractivity contribution < 1.29 is 14.6 Å². The lowest BCUT2D eigenvalue weighted by Crippen LogP contribution is -2.22. The van der Waals surface area contributed by atoms with Gasteiger partial charge in [-0.25, -0.2) is 19.7 Å². The van der Waals surface area contributed by atoms with Gasteiger partial charge in [0.2, 0.25) is 0 Å². The van der Waals surface area contributed by atoms with E-state index in [-0.39, 0.29) is 12.3 Å². The zero-order chi connectivity index (χ0) is 18.0. The number of thiazole rings is 1. The van der Waals surface area contributed by atoms with Crippen molar-refractivity contribution in [2.45, 2.75) is 32.4 Å². The van der Waals surface area contributed by atoms with E-state index in [1.165, 1.54) is 17.5 Å². The number of aromatic carboxylic acids is 1. The Kier molecular flexibility index (Phi) is 4.98. The predicted octanol–water partition coefficient (Wildman–Crippen LogP) is 3.57. The molecular weight excluding hydrogens is 356 g/mol. The highest BCUT2D eigenvalue weighted by atomic mass is 32.1. The minimum Gasteiger partial charge on any atom is -0.478 e. The molecule has 3 aromatic rings. The van der Waals surface area contributed by atoms with Crippen molar-refractivity contribution >= 4 is 36.5 Å². The molecule has 0 unspecified atom stereocenters. The minimum absolute atomic E-state index is 0.120. The van der Waals surface area contributed by atoms with Crippen LogP contribution in [-0.4, -0.2) is 45.3 Å². The molecular formula is C16H20N4O3SSi. The zero-order valence-corrected chi connectivity index (χ0v) is 16.2. The van der Waals surface area contributed by atoms with Crippen LogP contribution in [0.15, 0.2) is 24.0 Å². The molecule has 0 aromatic carbocycles. The van der Waals surface area contributed by atoms with E-state index in [1.807, 2.05) is 5.38 Å². The minimum atomic E-state index is -1.16. The fraction of sp³-hybridized carbons (Fsp3) is 0.375. The largest absolute Gasteiger partial charge is 0.478 e. The number of fused-ring (bicyclic) bond motifs is 1. The SMILES string of the molecule is C[Si](C)(C)CCOCn1cc(C(=O)O)c2nc(-c3nccs3)cnc21. The van der Waals surface area contributed by atoms with E-state index in [4.69, 9.17) is 4.74 Å². The third-order valence-electron chi connectivity index (χ3n) is 3.67. The molecule has 0 fully saturated rings. The Hall–Kier alpha value is -2.10. The number of hydrogen-bond acceptors (Lipinski definition) is 6. The summed E-state index contributed by atoms with van der Waals surface area (Å²) in [4.78, 5) is 24.6. The second-order valence-electron chi connectivity index (χ2n) is 6.93. The van der Waals surface area contributed by atoms with Gasteiger partial charge in [0.1, 0.15) is 28.5 Å². The van der Waals surface area contributed by atoms with Gasteiger partial charge < -0.3 is 14.4 Å². The Morgan fingerprint density at radius 3 is 2.80 bits per heavy atom. The number of rotatable bonds is 7. The van der Waals surface area contributed by atoms with Gasteiger partial charge in [-0.3, -0.25) is 0 Å². The van der Waals surface area contributed by atoms with Gasteiger partial charge in [-0.05, 0) is 6.04 Å². The number of nitrogens with zero attached hydrogens (tertiary/aromatic N) is 4. The normalized spacial score (nSPS) is 12.0. The van der Waals surface area contributed by atoms with Gasteiger partial charge in [-0.15, -0.1) is 11.3 Å². The molecule has 3 rings (SSSR count). The maximum absolute atomic E-state index is 11.6. The summed E-state index contributed by atoms with van der Waals surface area (Å²) in [6.45, 7) is 7.78. The summed E-state index contributed by atoms with van der Waals surface area (Å²) in [5.41, 5.74) is 1.55. The lowest BCUT2D eigenvalue weighted by molar-refractivity contribution is 0.0696. The Labute approximate surface area is 150 Å². The van der Waals surface area contributed by atoms with Gasteiger partial charge in [0.05, 0.1) is 6.20 Å². The van der Waals surface area contributed by atoms with E-state index in [9.17, 15) is 9.90 Å². The van der Waals surface area contributed by atoms with Crippen LogP contribution in [0.1, 0.15) is 10.4 Å². The molecule has 0 saturated carbocycles. The lowest BCUT2D eigenvalue weighted by atomic mass is 10.3. The second kappa shape index (κ2) is 7.02. The van der Waals surface area contributed by atoms with Crippen molar-refractivity contribution in [1.29, 1.82) is 0 Å². The van der Waals surface area contributed by atoms with Crippen LogP contribution >= 0.6 is 11.3 Å². The molecule has 9 heteroatoms.